The van der Waals surface area contributed by atoms with Crippen molar-refractivity contribution in [2.24, 2.45) is 7.05 Å². The zero-order valence-electron chi connectivity index (χ0n) is 11.1. The number of rotatable bonds is 5. The molecular formula is C12H14BrN5O2. The maximum absolute atomic E-state index is 11.6. The summed E-state index contributed by atoms with van der Waals surface area (Å²) >= 11 is 3.46. The third-order valence-corrected chi connectivity index (χ3v) is 3.72. The zero-order valence-corrected chi connectivity index (χ0v) is 12.7. The fourth-order valence-electron chi connectivity index (χ4n) is 1.66. The number of aryl methyl sites for hydroxylation is 1. The number of aromatic nitrogens is 4. The average molecular weight is 340 g/mol. The minimum Gasteiger partial charge on any atom is -0.465 e. The number of hydrogen-bond donors (Lipinski definition) is 1. The lowest BCUT2D eigenvalue weighted by molar-refractivity contribution is 0.0601. The van der Waals surface area contributed by atoms with Crippen LogP contribution in [0.5, 0.6) is 0 Å². The smallest absolute Gasteiger partial charge is 0.343 e. The van der Waals surface area contributed by atoms with E-state index in [0.29, 0.717) is 24.3 Å². The number of ether oxygens (including phenoxy) is 1. The van der Waals surface area contributed by atoms with E-state index in [1.807, 2.05) is 11.6 Å². The number of imidazole rings is 1. The van der Waals surface area contributed by atoms with Gasteiger partial charge in [0.1, 0.15) is 22.3 Å². The molecule has 0 amide bonds. The first-order chi connectivity index (χ1) is 9.63. The molecule has 0 aromatic carbocycles. The fraction of sp³-hybridized carbons (Fsp3) is 0.333. The number of esters is 1. The summed E-state index contributed by atoms with van der Waals surface area (Å²) in [6, 6.07) is 0. The van der Waals surface area contributed by atoms with Crippen molar-refractivity contribution in [3.8, 4) is 0 Å². The van der Waals surface area contributed by atoms with Gasteiger partial charge in [-0.3, -0.25) is 0 Å². The Morgan fingerprint density at radius 3 is 2.95 bits per heavy atom. The Morgan fingerprint density at radius 2 is 2.30 bits per heavy atom. The molecule has 106 valence electrons. The molecule has 8 heteroatoms. The highest BCUT2D eigenvalue weighted by molar-refractivity contribution is 9.10. The summed E-state index contributed by atoms with van der Waals surface area (Å²) in [5.41, 5.74) is 1.25. The molecule has 0 radical (unpaired) electrons. The van der Waals surface area contributed by atoms with Gasteiger partial charge < -0.3 is 14.6 Å². The molecule has 0 saturated heterocycles. The molecule has 0 aliphatic rings. The van der Waals surface area contributed by atoms with Gasteiger partial charge in [-0.2, -0.15) is 0 Å². The quantitative estimate of drug-likeness (QED) is 0.829. The van der Waals surface area contributed by atoms with Crippen LogP contribution in [0, 0.1) is 0 Å². The van der Waals surface area contributed by atoms with Gasteiger partial charge in [0.2, 0.25) is 0 Å². The molecule has 0 spiro atoms. The summed E-state index contributed by atoms with van der Waals surface area (Å²) < 4.78 is 7.51. The molecule has 1 N–H and O–H groups in total. The first-order valence-electron chi connectivity index (χ1n) is 5.91. The molecule has 7 nitrogen and oxygen atoms in total. The number of nitrogens with zero attached hydrogens (tertiary/aromatic N) is 4. The summed E-state index contributed by atoms with van der Waals surface area (Å²) in [6.07, 6.45) is 5.25. The van der Waals surface area contributed by atoms with Crippen LogP contribution >= 0.6 is 15.9 Å². The van der Waals surface area contributed by atoms with Gasteiger partial charge in [-0.15, -0.1) is 0 Å². The summed E-state index contributed by atoms with van der Waals surface area (Å²) in [6.45, 7) is 0.594. The Morgan fingerprint density at radius 1 is 1.50 bits per heavy atom. The molecule has 2 aromatic heterocycles. The van der Waals surface area contributed by atoms with Gasteiger partial charge in [-0.05, 0) is 15.9 Å². The van der Waals surface area contributed by atoms with Crippen LogP contribution in [0.3, 0.4) is 0 Å². The number of carbonyl (C=O) groups is 1. The molecule has 20 heavy (non-hydrogen) atoms. The van der Waals surface area contributed by atoms with Crippen molar-refractivity contribution in [3.63, 3.8) is 0 Å². The highest BCUT2D eigenvalue weighted by Crippen LogP contribution is 2.15. The Kier molecular flexibility index (Phi) is 4.67. The van der Waals surface area contributed by atoms with Crippen LogP contribution in [0.1, 0.15) is 16.1 Å². The van der Waals surface area contributed by atoms with E-state index < -0.39 is 5.97 Å². The van der Waals surface area contributed by atoms with Crippen molar-refractivity contribution in [3.05, 3.63) is 34.7 Å². The van der Waals surface area contributed by atoms with Gasteiger partial charge in [0.15, 0.2) is 0 Å². The second kappa shape index (κ2) is 6.47. The van der Waals surface area contributed by atoms with Crippen molar-refractivity contribution < 1.29 is 9.53 Å². The molecule has 2 heterocycles. The van der Waals surface area contributed by atoms with Gasteiger partial charge in [-0.1, -0.05) is 0 Å². The average Bonchev–Trinajstić information content (AvgIpc) is 2.79. The van der Waals surface area contributed by atoms with E-state index in [4.69, 9.17) is 0 Å². The number of hydrogen-bond acceptors (Lipinski definition) is 6. The summed E-state index contributed by atoms with van der Waals surface area (Å²) in [7, 11) is 3.23. The maximum atomic E-state index is 11.6. The van der Waals surface area contributed by atoms with Crippen LogP contribution in [-0.2, 0) is 18.2 Å². The van der Waals surface area contributed by atoms with Crippen LogP contribution in [-0.4, -0.2) is 39.1 Å². The maximum Gasteiger partial charge on any atom is 0.343 e. The van der Waals surface area contributed by atoms with Gasteiger partial charge in [0, 0.05) is 26.2 Å². The second-order valence-electron chi connectivity index (χ2n) is 4.05. The molecular weight excluding hydrogens is 326 g/mol. The molecule has 0 aliphatic heterocycles. The lowest BCUT2D eigenvalue weighted by Gasteiger charge is -2.08. The normalized spacial score (nSPS) is 10.3. The molecule has 2 aromatic rings. The van der Waals surface area contributed by atoms with Crippen LogP contribution in [0.15, 0.2) is 23.5 Å². The molecule has 0 atom stereocenters. The van der Waals surface area contributed by atoms with E-state index in [2.05, 4.69) is 40.9 Å². The molecule has 0 bridgehead atoms. The van der Waals surface area contributed by atoms with E-state index in [-0.39, 0.29) is 0 Å². The SMILES string of the molecule is COC(=O)c1cncnc1NCCc1ncn(C)c1Br. The van der Waals surface area contributed by atoms with Crippen molar-refractivity contribution in [1.82, 2.24) is 19.5 Å². The van der Waals surface area contributed by atoms with Crippen LogP contribution < -0.4 is 5.32 Å². The van der Waals surface area contributed by atoms with E-state index >= 15 is 0 Å². The minimum absolute atomic E-state index is 0.315. The van der Waals surface area contributed by atoms with Crippen LogP contribution in [0.4, 0.5) is 5.82 Å². The van der Waals surface area contributed by atoms with Gasteiger partial charge in [0.25, 0.3) is 0 Å². The number of carbonyl (C=O) groups excluding carboxylic acids is 1. The van der Waals surface area contributed by atoms with Gasteiger partial charge in [0.05, 0.1) is 19.1 Å². The van der Waals surface area contributed by atoms with Crippen LogP contribution in [0.2, 0.25) is 0 Å². The standard InChI is InChI=1S/C12H14BrN5O2/c1-18-7-17-9(10(18)13)3-4-15-11-8(12(19)20-2)5-14-6-16-11/h5-7H,3-4H2,1-2H3,(H,14,15,16). The lowest BCUT2D eigenvalue weighted by atomic mass is 10.3. The predicted molar refractivity (Wildman–Crippen MR) is 76.5 cm³/mol. The van der Waals surface area contributed by atoms with Gasteiger partial charge >= 0.3 is 5.97 Å². The number of nitrogens with one attached hydrogen (secondary N) is 1. The fourth-order valence-corrected chi connectivity index (χ4v) is 2.05. The molecule has 0 unspecified atom stereocenters. The Bertz CT molecular complexity index is 614. The highest BCUT2D eigenvalue weighted by atomic mass is 79.9. The first kappa shape index (κ1) is 14.4. The largest absolute Gasteiger partial charge is 0.465 e. The van der Waals surface area contributed by atoms with Crippen molar-refractivity contribution in [2.75, 3.05) is 19.0 Å². The molecule has 0 aliphatic carbocycles. The number of methoxy groups -OCH3 is 1. The van der Waals surface area contributed by atoms with Crippen molar-refractivity contribution in [2.45, 2.75) is 6.42 Å². The second-order valence-corrected chi connectivity index (χ2v) is 4.80. The minimum atomic E-state index is -0.466. The zero-order chi connectivity index (χ0) is 14.5. The monoisotopic (exact) mass is 339 g/mol. The van der Waals surface area contributed by atoms with Crippen LogP contribution in [0.25, 0.3) is 0 Å². The topological polar surface area (TPSA) is 81.9 Å². The number of anilines is 1. The van der Waals surface area contributed by atoms with Gasteiger partial charge in [-0.25, -0.2) is 19.7 Å². The van der Waals surface area contributed by atoms with E-state index in [1.165, 1.54) is 19.6 Å². The van der Waals surface area contributed by atoms with Crippen molar-refractivity contribution in [1.29, 1.82) is 0 Å². The molecule has 0 saturated carbocycles. The predicted octanol–water partition coefficient (Wildman–Crippen LogP) is 1.41. The van der Waals surface area contributed by atoms with E-state index in [0.717, 1.165) is 10.3 Å². The third kappa shape index (κ3) is 3.13. The Balaban J connectivity index is 2.01. The first-order valence-corrected chi connectivity index (χ1v) is 6.70. The summed E-state index contributed by atoms with van der Waals surface area (Å²) in [4.78, 5) is 23.7. The Hall–Kier alpha value is -1.96. The van der Waals surface area contributed by atoms with E-state index in [1.54, 1.807) is 6.33 Å². The molecule has 2 rings (SSSR count). The lowest BCUT2D eigenvalue weighted by Crippen LogP contribution is -2.13. The Labute approximate surface area is 124 Å². The highest BCUT2D eigenvalue weighted by Gasteiger charge is 2.13. The summed E-state index contributed by atoms with van der Waals surface area (Å²) in [5, 5.41) is 3.09. The van der Waals surface area contributed by atoms with Crippen molar-refractivity contribution >= 4 is 27.7 Å². The van der Waals surface area contributed by atoms with E-state index in [9.17, 15) is 4.79 Å². The number of halogens is 1. The summed E-state index contributed by atoms with van der Waals surface area (Å²) in [5.74, 6) is -0.00831. The third-order valence-electron chi connectivity index (χ3n) is 2.71. The molecule has 0 fully saturated rings.